The molecular weight excluding hydrogens is 279 g/mol. The maximum atomic E-state index is 12.8. The van der Waals surface area contributed by atoms with Crippen molar-refractivity contribution in [2.24, 2.45) is 0 Å². The monoisotopic (exact) mass is 293 g/mol. The molecule has 0 fully saturated rings. The lowest BCUT2D eigenvalue weighted by atomic mass is 10.0. The van der Waals surface area contributed by atoms with Gasteiger partial charge >= 0.3 is 6.18 Å². The van der Waals surface area contributed by atoms with E-state index in [4.69, 9.17) is 4.74 Å². The van der Waals surface area contributed by atoms with Gasteiger partial charge < -0.3 is 10.1 Å². The minimum atomic E-state index is -4.34. The largest absolute Gasteiger partial charge is 0.482 e. The Hall–Kier alpha value is -2.17. The maximum Gasteiger partial charge on any atom is 0.416 e. The Bertz CT molecular complexity index is 667. The predicted octanol–water partition coefficient (Wildman–Crippen LogP) is 4.56. The van der Waals surface area contributed by atoms with Crippen LogP contribution in [0.25, 0.3) is 0 Å². The third kappa shape index (κ3) is 2.82. The van der Waals surface area contributed by atoms with E-state index >= 15 is 0 Å². The number of aryl methyl sites for hydroxylation is 1. The van der Waals surface area contributed by atoms with Crippen molar-refractivity contribution in [1.29, 1.82) is 0 Å². The lowest BCUT2D eigenvalue weighted by molar-refractivity contribution is -0.137. The molecule has 0 spiro atoms. The molecule has 0 aliphatic carbocycles. The molecule has 5 heteroatoms. The normalized spacial score (nSPS) is 17.6. The summed E-state index contributed by atoms with van der Waals surface area (Å²) in [6.07, 6.45) is -4.77. The first kappa shape index (κ1) is 13.8. The number of halogens is 3. The first-order valence-corrected chi connectivity index (χ1v) is 6.62. The van der Waals surface area contributed by atoms with Gasteiger partial charge in [-0.25, -0.2) is 0 Å². The average Bonchev–Trinajstić information content (AvgIpc) is 2.46. The Morgan fingerprint density at radius 1 is 1.14 bits per heavy atom. The summed E-state index contributed by atoms with van der Waals surface area (Å²) >= 11 is 0. The molecule has 1 heterocycles. The lowest BCUT2D eigenvalue weighted by Gasteiger charge is -2.28. The van der Waals surface area contributed by atoms with E-state index in [1.807, 2.05) is 25.1 Å². The predicted molar refractivity (Wildman–Crippen MR) is 74.5 cm³/mol. The van der Waals surface area contributed by atoms with Gasteiger partial charge in [-0.05, 0) is 42.3 Å². The fourth-order valence-electron chi connectivity index (χ4n) is 2.38. The fourth-order valence-corrected chi connectivity index (χ4v) is 2.38. The van der Waals surface area contributed by atoms with Crippen molar-refractivity contribution in [3.05, 3.63) is 59.2 Å². The molecule has 1 atom stereocenters. The summed E-state index contributed by atoms with van der Waals surface area (Å²) in [5.74, 6) is 0.661. The molecule has 21 heavy (non-hydrogen) atoms. The summed E-state index contributed by atoms with van der Waals surface area (Å²) in [5, 5.41) is 3.20. The molecule has 2 aromatic rings. The van der Waals surface area contributed by atoms with Crippen molar-refractivity contribution in [3.8, 4) is 5.75 Å². The van der Waals surface area contributed by atoms with Crippen molar-refractivity contribution >= 4 is 5.69 Å². The third-order valence-corrected chi connectivity index (χ3v) is 3.47. The fraction of sp³-hybridized carbons (Fsp3) is 0.250. The molecule has 1 unspecified atom stereocenters. The molecule has 0 radical (unpaired) electrons. The zero-order valence-electron chi connectivity index (χ0n) is 11.4. The second-order valence-electron chi connectivity index (χ2n) is 5.11. The zero-order chi connectivity index (χ0) is 15.0. The van der Waals surface area contributed by atoms with E-state index in [-0.39, 0.29) is 0 Å². The van der Waals surface area contributed by atoms with Crippen LogP contribution >= 0.6 is 0 Å². The summed E-state index contributed by atoms with van der Waals surface area (Å²) in [6, 6.07) is 11.0. The molecule has 0 aromatic heterocycles. The van der Waals surface area contributed by atoms with Crippen LogP contribution in [0.5, 0.6) is 5.75 Å². The summed E-state index contributed by atoms with van der Waals surface area (Å²) in [4.78, 5) is 0. The van der Waals surface area contributed by atoms with E-state index in [2.05, 4.69) is 5.32 Å². The van der Waals surface area contributed by atoms with E-state index < -0.39 is 17.8 Å². The molecule has 1 N–H and O–H groups in total. The summed E-state index contributed by atoms with van der Waals surface area (Å²) in [5.41, 5.74) is 1.84. The molecule has 0 saturated carbocycles. The van der Waals surface area contributed by atoms with E-state index in [9.17, 15) is 13.2 Å². The van der Waals surface area contributed by atoms with Gasteiger partial charge in [-0.2, -0.15) is 13.2 Å². The van der Waals surface area contributed by atoms with E-state index in [1.165, 1.54) is 6.07 Å². The van der Waals surface area contributed by atoms with Gasteiger partial charge in [-0.1, -0.05) is 18.2 Å². The lowest BCUT2D eigenvalue weighted by Crippen LogP contribution is -2.24. The van der Waals surface area contributed by atoms with Crippen LogP contribution in [0.1, 0.15) is 22.8 Å². The first-order valence-electron chi connectivity index (χ1n) is 6.62. The SMILES string of the molecule is Cc1ccc2c(c1)NCC(c1cccc(C(F)(F)F)c1)O2. The third-order valence-electron chi connectivity index (χ3n) is 3.47. The Labute approximate surface area is 120 Å². The number of fused-ring (bicyclic) bond motifs is 1. The van der Waals surface area contributed by atoms with Crippen LogP contribution in [0.2, 0.25) is 0 Å². The van der Waals surface area contributed by atoms with Crippen LogP contribution in [0.3, 0.4) is 0 Å². The number of ether oxygens (including phenoxy) is 1. The van der Waals surface area contributed by atoms with Crippen molar-refractivity contribution in [2.75, 3.05) is 11.9 Å². The highest BCUT2D eigenvalue weighted by Crippen LogP contribution is 2.36. The van der Waals surface area contributed by atoms with Crippen LogP contribution in [0, 0.1) is 6.92 Å². The van der Waals surface area contributed by atoms with Gasteiger partial charge in [-0.15, -0.1) is 0 Å². The minimum Gasteiger partial charge on any atom is -0.482 e. The molecule has 3 rings (SSSR count). The summed E-state index contributed by atoms with van der Waals surface area (Å²) in [6.45, 7) is 2.42. The summed E-state index contributed by atoms with van der Waals surface area (Å²) < 4.78 is 44.1. The van der Waals surface area contributed by atoms with Crippen molar-refractivity contribution in [1.82, 2.24) is 0 Å². The topological polar surface area (TPSA) is 21.3 Å². The average molecular weight is 293 g/mol. The van der Waals surface area contributed by atoms with E-state index in [1.54, 1.807) is 6.07 Å². The second kappa shape index (κ2) is 4.98. The van der Waals surface area contributed by atoms with Gasteiger partial charge in [0.1, 0.15) is 11.9 Å². The molecule has 110 valence electrons. The molecule has 2 aromatic carbocycles. The first-order chi connectivity index (χ1) is 9.93. The molecule has 1 aliphatic heterocycles. The van der Waals surface area contributed by atoms with Gasteiger partial charge in [0.15, 0.2) is 0 Å². The molecule has 1 aliphatic rings. The van der Waals surface area contributed by atoms with Crippen molar-refractivity contribution in [2.45, 2.75) is 19.2 Å². The van der Waals surface area contributed by atoms with Gasteiger partial charge in [0.05, 0.1) is 17.8 Å². The minimum absolute atomic E-state index is 0.428. The maximum absolute atomic E-state index is 12.8. The van der Waals surface area contributed by atoms with Crippen LogP contribution in [-0.2, 0) is 6.18 Å². The highest BCUT2D eigenvalue weighted by Gasteiger charge is 2.31. The number of hydrogen-bond acceptors (Lipinski definition) is 2. The highest BCUT2D eigenvalue weighted by molar-refractivity contribution is 5.59. The van der Waals surface area contributed by atoms with Crippen LogP contribution in [0.15, 0.2) is 42.5 Å². The molecule has 0 saturated heterocycles. The zero-order valence-corrected chi connectivity index (χ0v) is 11.4. The van der Waals surface area contributed by atoms with Gasteiger partial charge in [0.2, 0.25) is 0 Å². The number of benzene rings is 2. The Balaban J connectivity index is 1.88. The molecule has 0 bridgehead atoms. The van der Waals surface area contributed by atoms with Crippen LogP contribution in [-0.4, -0.2) is 6.54 Å². The quantitative estimate of drug-likeness (QED) is 0.832. The second-order valence-corrected chi connectivity index (χ2v) is 5.11. The Morgan fingerprint density at radius 2 is 1.95 bits per heavy atom. The van der Waals surface area contributed by atoms with Crippen molar-refractivity contribution < 1.29 is 17.9 Å². The molecular formula is C16H14F3NO. The number of hydrogen-bond donors (Lipinski definition) is 1. The van der Waals surface area contributed by atoms with Crippen molar-refractivity contribution in [3.63, 3.8) is 0 Å². The molecule has 0 amide bonds. The number of rotatable bonds is 1. The standard InChI is InChI=1S/C16H14F3NO/c1-10-5-6-14-13(7-10)20-9-15(21-14)11-3-2-4-12(8-11)16(17,18)19/h2-8,15,20H,9H2,1H3. The van der Waals surface area contributed by atoms with Crippen LogP contribution in [0.4, 0.5) is 18.9 Å². The van der Waals surface area contributed by atoms with E-state index in [0.717, 1.165) is 23.4 Å². The number of nitrogens with one attached hydrogen (secondary N) is 1. The summed E-state index contributed by atoms with van der Waals surface area (Å²) in [7, 11) is 0. The Kier molecular flexibility index (Phi) is 3.27. The smallest absolute Gasteiger partial charge is 0.416 e. The number of alkyl halides is 3. The van der Waals surface area contributed by atoms with Gasteiger partial charge in [0, 0.05) is 0 Å². The van der Waals surface area contributed by atoms with Gasteiger partial charge in [-0.3, -0.25) is 0 Å². The van der Waals surface area contributed by atoms with Gasteiger partial charge in [0.25, 0.3) is 0 Å². The van der Waals surface area contributed by atoms with Crippen LogP contribution < -0.4 is 10.1 Å². The molecule has 2 nitrogen and oxygen atoms in total. The Morgan fingerprint density at radius 3 is 2.71 bits per heavy atom. The highest BCUT2D eigenvalue weighted by atomic mass is 19.4. The van der Waals surface area contributed by atoms with E-state index in [0.29, 0.717) is 17.9 Å². The number of anilines is 1.